The lowest BCUT2D eigenvalue weighted by atomic mass is 9.98. The SMILES string of the molecule is CNC1CCCc2nc(Cc3csc(C)n3)sc21. The Bertz CT molecular complexity index is 544. The molecular formula is C13H17N3S2. The monoisotopic (exact) mass is 279 g/mol. The molecule has 0 amide bonds. The van der Waals surface area contributed by atoms with Crippen molar-refractivity contribution in [3.63, 3.8) is 0 Å². The average Bonchev–Trinajstić information content (AvgIpc) is 2.94. The van der Waals surface area contributed by atoms with Gasteiger partial charge in [-0.1, -0.05) is 0 Å². The van der Waals surface area contributed by atoms with Crippen molar-refractivity contribution < 1.29 is 0 Å². The molecule has 2 aromatic heterocycles. The zero-order valence-electron chi connectivity index (χ0n) is 10.7. The van der Waals surface area contributed by atoms with Gasteiger partial charge in [0.05, 0.1) is 21.4 Å². The Balaban J connectivity index is 1.84. The highest BCUT2D eigenvalue weighted by Gasteiger charge is 2.23. The van der Waals surface area contributed by atoms with Crippen LogP contribution in [0, 0.1) is 6.92 Å². The molecule has 0 aromatic carbocycles. The van der Waals surface area contributed by atoms with Gasteiger partial charge in [0.15, 0.2) is 0 Å². The minimum absolute atomic E-state index is 0.511. The summed E-state index contributed by atoms with van der Waals surface area (Å²) in [6.45, 7) is 2.05. The second kappa shape index (κ2) is 5.07. The van der Waals surface area contributed by atoms with Crippen LogP contribution in [0.15, 0.2) is 5.38 Å². The maximum atomic E-state index is 4.80. The number of nitrogens with zero attached hydrogens (tertiary/aromatic N) is 2. The summed E-state index contributed by atoms with van der Waals surface area (Å²) < 4.78 is 0. The van der Waals surface area contributed by atoms with Crippen molar-refractivity contribution in [3.05, 3.63) is 31.7 Å². The molecule has 0 radical (unpaired) electrons. The van der Waals surface area contributed by atoms with Crippen molar-refractivity contribution in [2.24, 2.45) is 0 Å². The number of hydrogen-bond acceptors (Lipinski definition) is 5. The zero-order chi connectivity index (χ0) is 12.5. The third-order valence-corrected chi connectivity index (χ3v) is 5.38. The minimum Gasteiger partial charge on any atom is -0.312 e. The Morgan fingerprint density at radius 2 is 2.33 bits per heavy atom. The Labute approximate surface area is 115 Å². The molecule has 0 spiro atoms. The summed E-state index contributed by atoms with van der Waals surface area (Å²) in [5.74, 6) is 0. The van der Waals surface area contributed by atoms with Crippen LogP contribution >= 0.6 is 22.7 Å². The summed E-state index contributed by atoms with van der Waals surface area (Å²) in [5.41, 5.74) is 2.47. The molecule has 0 bridgehead atoms. The number of hydrogen-bond donors (Lipinski definition) is 1. The molecule has 1 aliphatic carbocycles. The number of aryl methyl sites for hydroxylation is 2. The van der Waals surface area contributed by atoms with Crippen LogP contribution in [-0.2, 0) is 12.8 Å². The first-order chi connectivity index (χ1) is 8.76. The number of rotatable bonds is 3. The van der Waals surface area contributed by atoms with Crippen LogP contribution < -0.4 is 5.32 Å². The normalized spacial score (nSPS) is 18.9. The topological polar surface area (TPSA) is 37.8 Å². The van der Waals surface area contributed by atoms with Crippen molar-refractivity contribution in [3.8, 4) is 0 Å². The van der Waals surface area contributed by atoms with E-state index in [9.17, 15) is 0 Å². The molecule has 96 valence electrons. The van der Waals surface area contributed by atoms with Gasteiger partial charge in [-0.3, -0.25) is 0 Å². The predicted octanol–water partition coefficient (Wildman–Crippen LogP) is 3.10. The van der Waals surface area contributed by atoms with Gasteiger partial charge in [0, 0.05) is 22.7 Å². The summed E-state index contributed by atoms with van der Waals surface area (Å²) in [4.78, 5) is 10.8. The van der Waals surface area contributed by atoms with Crippen LogP contribution in [0.1, 0.15) is 45.2 Å². The van der Waals surface area contributed by atoms with E-state index >= 15 is 0 Å². The maximum Gasteiger partial charge on any atom is 0.0991 e. The number of aromatic nitrogens is 2. The molecule has 3 nitrogen and oxygen atoms in total. The first-order valence-corrected chi connectivity index (χ1v) is 8.02. The summed E-state index contributed by atoms with van der Waals surface area (Å²) in [7, 11) is 2.04. The number of thiazole rings is 2. The molecule has 0 aliphatic heterocycles. The highest BCUT2D eigenvalue weighted by molar-refractivity contribution is 7.12. The van der Waals surface area contributed by atoms with E-state index in [0.717, 1.165) is 23.5 Å². The van der Waals surface area contributed by atoms with E-state index in [1.165, 1.54) is 28.4 Å². The van der Waals surface area contributed by atoms with Crippen molar-refractivity contribution >= 4 is 22.7 Å². The quantitative estimate of drug-likeness (QED) is 0.938. The van der Waals surface area contributed by atoms with E-state index in [-0.39, 0.29) is 0 Å². The lowest BCUT2D eigenvalue weighted by molar-refractivity contribution is 0.501. The lowest BCUT2D eigenvalue weighted by Crippen LogP contribution is -2.19. The van der Waals surface area contributed by atoms with E-state index in [1.807, 2.05) is 18.4 Å². The Morgan fingerprint density at radius 1 is 1.44 bits per heavy atom. The third-order valence-electron chi connectivity index (χ3n) is 3.34. The Kier molecular flexibility index (Phi) is 3.46. The molecule has 3 rings (SSSR count). The maximum absolute atomic E-state index is 4.80. The van der Waals surface area contributed by atoms with Gasteiger partial charge in [-0.25, -0.2) is 9.97 Å². The van der Waals surface area contributed by atoms with Crippen LogP contribution in [0.25, 0.3) is 0 Å². The zero-order valence-corrected chi connectivity index (χ0v) is 12.3. The summed E-state index contributed by atoms with van der Waals surface area (Å²) in [5, 5.41) is 7.90. The molecule has 1 unspecified atom stereocenters. The summed E-state index contributed by atoms with van der Waals surface area (Å²) in [6, 6.07) is 0.511. The van der Waals surface area contributed by atoms with Crippen LogP contribution in [0.4, 0.5) is 0 Å². The van der Waals surface area contributed by atoms with Crippen LogP contribution in [0.2, 0.25) is 0 Å². The van der Waals surface area contributed by atoms with Crippen LogP contribution in [0.3, 0.4) is 0 Å². The molecule has 18 heavy (non-hydrogen) atoms. The standard InChI is InChI=1S/C13H17N3S2/c1-8-15-9(7-17-8)6-12-16-11-5-3-4-10(14-2)13(11)18-12/h7,10,14H,3-6H2,1-2H3. The van der Waals surface area contributed by atoms with Gasteiger partial charge in [-0.2, -0.15) is 0 Å². The smallest absolute Gasteiger partial charge is 0.0991 e. The fourth-order valence-electron chi connectivity index (χ4n) is 2.47. The van der Waals surface area contributed by atoms with Crippen molar-refractivity contribution in [2.75, 3.05) is 7.05 Å². The van der Waals surface area contributed by atoms with E-state index in [2.05, 4.69) is 22.6 Å². The van der Waals surface area contributed by atoms with Gasteiger partial charge < -0.3 is 5.32 Å². The van der Waals surface area contributed by atoms with E-state index < -0.39 is 0 Å². The molecule has 0 saturated carbocycles. The predicted molar refractivity (Wildman–Crippen MR) is 76.5 cm³/mol. The molecule has 1 aliphatic rings. The molecule has 2 aromatic rings. The molecular weight excluding hydrogens is 262 g/mol. The van der Waals surface area contributed by atoms with Crippen LogP contribution in [0.5, 0.6) is 0 Å². The second-order valence-electron chi connectivity index (χ2n) is 4.69. The first kappa shape index (κ1) is 12.3. The lowest BCUT2D eigenvalue weighted by Gasteiger charge is -2.20. The second-order valence-corrected chi connectivity index (χ2v) is 6.86. The fourth-order valence-corrected chi connectivity index (χ4v) is 4.35. The van der Waals surface area contributed by atoms with Gasteiger partial charge >= 0.3 is 0 Å². The van der Waals surface area contributed by atoms with Gasteiger partial charge in [-0.05, 0) is 33.2 Å². The van der Waals surface area contributed by atoms with Gasteiger partial charge in [0.2, 0.25) is 0 Å². The van der Waals surface area contributed by atoms with Gasteiger partial charge in [-0.15, -0.1) is 22.7 Å². The van der Waals surface area contributed by atoms with Crippen LogP contribution in [-0.4, -0.2) is 17.0 Å². The third kappa shape index (κ3) is 2.35. The molecule has 0 saturated heterocycles. The van der Waals surface area contributed by atoms with E-state index in [1.54, 1.807) is 11.3 Å². The largest absolute Gasteiger partial charge is 0.312 e. The Hall–Kier alpha value is -0.780. The average molecular weight is 279 g/mol. The van der Waals surface area contributed by atoms with E-state index in [4.69, 9.17) is 4.98 Å². The highest BCUT2D eigenvalue weighted by Crippen LogP contribution is 2.34. The van der Waals surface area contributed by atoms with Crippen molar-refractivity contribution in [2.45, 2.75) is 38.6 Å². The molecule has 1 atom stereocenters. The number of fused-ring (bicyclic) bond motifs is 1. The van der Waals surface area contributed by atoms with Crippen molar-refractivity contribution in [1.29, 1.82) is 0 Å². The fraction of sp³-hybridized carbons (Fsp3) is 0.538. The molecule has 5 heteroatoms. The van der Waals surface area contributed by atoms with Gasteiger partial charge in [0.1, 0.15) is 0 Å². The molecule has 1 N–H and O–H groups in total. The summed E-state index contributed by atoms with van der Waals surface area (Å²) in [6.07, 6.45) is 4.51. The van der Waals surface area contributed by atoms with Gasteiger partial charge in [0.25, 0.3) is 0 Å². The molecule has 2 heterocycles. The first-order valence-electron chi connectivity index (χ1n) is 6.33. The van der Waals surface area contributed by atoms with Crippen molar-refractivity contribution in [1.82, 2.24) is 15.3 Å². The van der Waals surface area contributed by atoms with E-state index in [0.29, 0.717) is 6.04 Å². The minimum atomic E-state index is 0.511. The molecule has 0 fully saturated rings. The Morgan fingerprint density at radius 3 is 3.06 bits per heavy atom. The highest BCUT2D eigenvalue weighted by atomic mass is 32.1. The number of nitrogens with one attached hydrogen (secondary N) is 1. The summed E-state index contributed by atoms with van der Waals surface area (Å²) >= 11 is 3.58.